The maximum absolute atomic E-state index is 11.5. The second-order valence-corrected chi connectivity index (χ2v) is 12.3. The molecule has 0 saturated carbocycles. The molecule has 0 unspecified atom stereocenters. The van der Waals surface area contributed by atoms with Crippen LogP contribution in [0, 0.1) is 20.5 Å². The smallest absolute Gasteiger partial charge is 0.322 e. The number of carbonyl (C=O) groups excluding carboxylic acids is 2. The zero-order valence-electron chi connectivity index (χ0n) is 16.5. The number of carboxylic acids is 2. The molecular formula is C17H21N5O6S2Se2. The van der Waals surface area contributed by atoms with Crippen molar-refractivity contribution in [2.24, 2.45) is 5.73 Å². The van der Waals surface area contributed by atoms with Crippen molar-refractivity contribution < 1.29 is 29.4 Å². The van der Waals surface area contributed by atoms with Gasteiger partial charge >= 0.3 is 99.8 Å². The van der Waals surface area contributed by atoms with E-state index < -0.39 is 42.4 Å². The van der Waals surface area contributed by atoms with Crippen LogP contribution in [0.25, 0.3) is 0 Å². The van der Waals surface area contributed by atoms with E-state index in [0.29, 0.717) is 0 Å². The number of nitrogens with two attached hydrogens (primary N) is 1. The summed E-state index contributed by atoms with van der Waals surface area (Å²) in [5.41, 5.74) is 5.23. The summed E-state index contributed by atoms with van der Waals surface area (Å²) in [6, 6.07) is 1.82. The molecule has 32 heavy (non-hydrogen) atoms. The molecule has 0 aliphatic rings. The van der Waals surface area contributed by atoms with Gasteiger partial charge in [-0.1, -0.05) is 0 Å². The third-order valence-electron chi connectivity index (χ3n) is 3.34. The van der Waals surface area contributed by atoms with Gasteiger partial charge in [0.15, 0.2) is 0 Å². The maximum atomic E-state index is 11.5. The van der Waals surface area contributed by atoms with E-state index in [2.05, 4.69) is 33.2 Å². The Balaban J connectivity index is 0.000000677. The van der Waals surface area contributed by atoms with E-state index in [1.165, 1.54) is 4.88 Å². The molecule has 0 aliphatic heterocycles. The zero-order valence-corrected chi connectivity index (χ0v) is 21.6. The molecule has 0 fully saturated rings. The number of hydrogen-bond donors (Lipinski definition) is 6. The van der Waals surface area contributed by atoms with Gasteiger partial charge < -0.3 is 26.6 Å². The predicted molar refractivity (Wildman–Crippen MR) is 121 cm³/mol. The number of thiophene rings is 1. The van der Waals surface area contributed by atoms with Gasteiger partial charge in [-0.25, -0.2) is 0 Å². The van der Waals surface area contributed by atoms with E-state index in [-0.39, 0.29) is 52.2 Å². The van der Waals surface area contributed by atoms with Gasteiger partial charge in [0.25, 0.3) is 0 Å². The summed E-state index contributed by atoms with van der Waals surface area (Å²) in [4.78, 5) is 49.3. The maximum Gasteiger partial charge on any atom is 0.322 e. The number of amides is 2. The first-order valence-electron chi connectivity index (χ1n) is 8.67. The number of thiol groups is 1. The molecule has 0 aromatic carbocycles. The van der Waals surface area contributed by atoms with E-state index in [1.807, 2.05) is 17.5 Å². The van der Waals surface area contributed by atoms with Crippen LogP contribution in [-0.4, -0.2) is 88.3 Å². The molecule has 15 heteroatoms. The summed E-state index contributed by atoms with van der Waals surface area (Å²) in [5, 5.41) is 40.4. The Bertz CT molecular complexity index is 827. The van der Waals surface area contributed by atoms with Gasteiger partial charge in [0.2, 0.25) is 11.8 Å². The second kappa shape index (κ2) is 17.5. The number of nitriles is 2. The van der Waals surface area contributed by atoms with E-state index in [1.54, 1.807) is 11.3 Å². The summed E-state index contributed by atoms with van der Waals surface area (Å²) >= 11 is 5.38. The Labute approximate surface area is 206 Å². The molecule has 0 spiro atoms. The van der Waals surface area contributed by atoms with E-state index >= 15 is 0 Å². The van der Waals surface area contributed by atoms with Crippen LogP contribution in [0.4, 0.5) is 0 Å². The van der Waals surface area contributed by atoms with Crippen molar-refractivity contribution >= 4 is 77.6 Å². The van der Waals surface area contributed by atoms with Gasteiger partial charge in [-0.2, -0.15) is 12.6 Å². The van der Waals surface area contributed by atoms with Gasteiger partial charge in [-0.05, 0) is 6.42 Å². The fourth-order valence-electron chi connectivity index (χ4n) is 1.82. The first-order valence-corrected chi connectivity index (χ1v) is 13.9. The van der Waals surface area contributed by atoms with Gasteiger partial charge in [-0.15, -0.1) is 0 Å². The molecule has 0 aliphatic carbocycles. The zero-order chi connectivity index (χ0) is 24.5. The molecule has 174 valence electrons. The fraction of sp³-hybridized carbons (Fsp3) is 0.412. The van der Waals surface area contributed by atoms with Crippen LogP contribution in [0.2, 0.25) is 0 Å². The largest absolute Gasteiger partial charge is 0.480 e. The summed E-state index contributed by atoms with van der Waals surface area (Å²) < 4.78 is 0.236. The Kier molecular flexibility index (Phi) is 16.3. The Morgan fingerprint density at radius 3 is 2.28 bits per heavy atom. The minimum atomic E-state index is -1.22. The van der Waals surface area contributed by atoms with E-state index in [9.17, 15) is 19.2 Å². The van der Waals surface area contributed by atoms with Crippen molar-refractivity contribution in [3.63, 3.8) is 0 Å². The quantitative estimate of drug-likeness (QED) is 0.125. The topological polar surface area (TPSA) is 206 Å². The molecule has 1 heterocycles. The Morgan fingerprint density at radius 1 is 1.22 bits per heavy atom. The number of rotatable bonds is 12. The molecule has 0 radical (unpaired) electrons. The summed E-state index contributed by atoms with van der Waals surface area (Å²) in [6.45, 7) is -0.567. The van der Waals surface area contributed by atoms with Gasteiger partial charge in [0.1, 0.15) is 18.6 Å². The number of hydrogen-bond acceptors (Lipinski definition) is 9. The van der Waals surface area contributed by atoms with Crippen LogP contribution >= 0.6 is 24.0 Å². The standard InChI is InChI=1S/C10H17N3O6S.C7H4N2SSe2/c11-5(10(18)19)1-2-7(14)13-6(4-20)9(17)12-3-8(15)16;8-4-11-7(12-5-9)6-2-1-3-10-6/h5-6,20H,1-4,11H2,(H,12,17)(H,13,14)(H,15,16)(H,18,19);1-3,7H/t5-,6-;/m0./s1. The third-order valence-corrected chi connectivity index (χ3v) is 9.82. The van der Waals surface area contributed by atoms with E-state index in [0.717, 1.165) is 0 Å². The van der Waals surface area contributed by atoms with Crippen LogP contribution in [0.15, 0.2) is 17.5 Å². The third kappa shape index (κ3) is 13.3. The van der Waals surface area contributed by atoms with Crippen LogP contribution in [0.1, 0.15) is 21.4 Å². The first-order chi connectivity index (χ1) is 15.2. The molecule has 0 bridgehead atoms. The number of carboxylic acid groups (broad SMARTS) is 2. The van der Waals surface area contributed by atoms with Gasteiger partial charge in [0.05, 0.1) is 0 Å². The average molecular weight is 613 g/mol. The SMILES string of the molecule is N#C[Se]C([Se]C#N)c1cccs1.N[C@@H](CCC(=O)N[C@@H](CS)C(=O)NCC(=O)O)C(=O)O. The average Bonchev–Trinajstić information content (AvgIpc) is 3.29. The molecule has 2 atom stereocenters. The van der Waals surface area contributed by atoms with Crippen LogP contribution in [0.3, 0.4) is 0 Å². The minimum Gasteiger partial charge on any atom is -0.480 e. The van der Waals surface area contributed by atoms with Crippen molar-refractivity contribution in [3.8, 4) is 9.94 Å². The monoisotopic (exact) mass is 615 g/mol. The van der Waals surface area contributed by atoms with Crippen molar-refractivity contribution in [1.29, 1.82) is 10.5 Å². The van der Waals surface area contributed by atoms with Gasteiger partial charge in [-0.3, -0.25) is 19.2 Å². The van der Waals surface area contributed by atoms with Gasteiger partial charge in [0, 0.05) is 12.2 Å². The van der Waals surface area contributed by atoms with E-state index in [4.69, 9.17) is 26.5 Å². The number of carbonyl (C=O) groups is 4. The first kappa shape index (κ1) is 29.9. The number of nitrogens with one attached hydrogen (secondary N) is 2. The summed E-state index contributed by atoms with van der Waals surface area (Å²) in [6.07, 6.45) is -0.235. The summed E-state index contributed by atoms with van der Waals surface area (Å²) in [7, 11) is 0. The predicted octanol–water partition coefficient (Wildman–Crippen LogP) is -1.09. The van der Waals surface area contributed by atoms with Crippen LogP contribution in [0.5, 0.6) is 0 Å². The molecule has 1 aromatic rings. The molecule has 0 saturated heterocycles. The number of aliphatic carboxylic acids is 2. The summed E-state index contributed by atoms with van der Waals surface area (Å²) in [5.74, 6) is -3.70. The molecule has 1 rings (SSSR count). The molecule has 2 amide bonds. The molecule has 6 N–H and O–H groups in total. The second-order valence-electron chi connectivity index (χ2n) is 5.66. The van der Waals surface area contributed by atoms with Crippen LogP contribution < -0.4 is 16.4 Å². The Hall–Kier alpha value is -2.09. The van der Waals surface area contributed by atoms with Crippen molar-refractivity contribution in [3.05, 3.63) is 22.4 Å². The fourth-order valence-corrected chi connectivity index (χ4v) is 6.64. The van der Waals surface area contributed by atoms with Crippen molar-refractivity contribution in [2.75, 3.05) is 12.3 Å². The van der Waals surface area contributed by atoms with Crippen LogP contribution in [-0.2, 0) is 19.2 Å². The minimum absolute atomic E-state index is 0.0256. The molecule has 11 nitrogen and oxygen atoms in total. The molecular weight excluding hydrogens is 592 g/mol. The van der Waals surface area contributed by atoms with Crippen molar-refractivity contribution in [1.82, 2.24) is 10.6 Å². The molecule has 1 aromatic heterocycles. The van der Waals surface area contributed by atoms with Crippen molar-refractivity contribution in [2.45, 2.75) is 28.6 Å². The Morgan fingerprint density at radius 2 is 1.84 bits per heavy atom. The normalized spacial score (nSPS) is 11.7. The number of nitrogens with zero attached hydrogens (tertiary/aromatic N) is 2.